The summed E-state index contributed by atoms with van der Waals surface area (Å²) in [6.07, 6.45) is 0.642. The Labute approximate surface area is 178 Å². The minimum Gasteiger partial charge on any atom is -0.497 e. The molecule has 2 amide bonds. The minimum absolute atomic E-state index is 0.130. The standard InChI is InChI=1S/C23H21N3O3S/c1-29-18-11-9-17(10-12-18)23(28)24-15-22(27)26-20(16-6-3-2-4-7-16)14-19(25-26)21-8-5-13-30-21/h2-13,20H,14-15H2,1H3,(H,24,28)/t20-/m1/s1. The van der Waals surface area contributed by atoms with Gasteiger partial charge in [-0.15, -0.1) is 11.3 Å². The number of carbonyl (C=O) groups excluding carboxylic acids is 2. The highest BCUT2D eigenvalue weighted by Crippen LogP contribution is 2.33. The van der Waals surface area contributed by atoms with Gasteiger partial charge in [0.25, 0.3) is 11.8 Å². The topological polar surface area (TPSA) is 71.0 Å². The van der Waals surface area contributed by atoms with Crippen molar-refractivity contribution in [2.24, 2.45) is 5.10 Å². The third-order valence-corrected chi connectivity index (χ3v) is 5.83. The van der Waals surface area contributed by atoms with Crippen molar-refractivity contribution in [3.63, 3.8) is 0 Å². The van der Waals surface area contributed by atoms with Gasteiger partial charge in [-0.1, -0.05) is 36.4 Å². The lowest BCUT2D eigenvalue weighted by atomic mass is 10.0. The second kappa shape index (κ2) is 8.92. The van der Waals surface area contributed by atoms with Gasteiger partial charge in [-0.2, -0.15) is 5.10 Å². The molecule has 152 valence electrons. The van der Waals surface area contributed by atoms with Crippen molar-refractivity contribution in [1.29, 1.82) is 0 Å². The molecule has 1 atom stereocenters. The van der Waals surface area contributed by atoms with Crippen LogP contribution in [-0.2, 0) is 4.79 Å². The second-order valence-electron chi connectivity index (χ2n) is 6.80. The molecule has 0 saturated heterocycles. The Hall–Kier alpha value is -3.45. The number of thiophene rings is 1. The van der Waals surface area contributed by atoms with E-state index in [1.165, 1.54) is 5.01 Å². The fraction of sp³-hybridized carbons (Fsp3) is 0.174. The fourth-order valence-corrected chi connectivity index (χ4v) is 4.07. The molecule has 2 aromatic carbocycles. The fourth-order valence-electron chi connectivity index (χ4n) is 3.35. The number of hydrogen-bond donors (Lipinski definition) is 1. The van der Waals surface area contributed by atoms with Crippen LogP contribution in [0.1, 0.15) is 33.3 Å². The van der Waals surface area contributed by atoms with E-state index in [1.54, 1.807) is 42.7 Å². The first-order chi connectivity index (χ1) is 14.7. The lowest BCUT2D eigenvalue weighted by Crippen LogP contribution is -2.38. The van der Waals surface area contributed by atoms with Gasteiger partial charge in [-0.3, -0.25) is 9.59 Å². The van der Waals surface area contributed by atoms with Crippen LogP contribution in [0.3, 0.4) is 0 Å². The van der Waals surface area contributed by atoms with Gasteiger partial charge < -0.3 is 10.1 Å². The molecule has 0 saturated carbocycles. The van der Waals surface area contributed by atoms with Gasteiger partial charge in [-0.25, -0.2) is 5.01 Å². The lowest BCUT2D eigenvalue weighted by Gasteiger charge is -2.22. The first kappa shape index (κ1) is 19.8. The highest BCUT2D eigenvalue weighted by molar-refractivity contribution is 7.12. The van der Waals surface area contributed by atoms with Crippen LogP contribution in [0.25, 0.3) is 0 Å². The summed E-state index contributed by atoms with van der Waals surface area (Å²) in [4.78, 5) is 26.4. The summed E-state index contributed by atoms with van der Waals surface area (Å²) >= 11 is 1.60. The molecule has 4 rings (SSSR count). The van der Waals surface area contributed by atoms with E-state index in [-0.39, 0.29) is 24.4 Å². The van der Waals surface area contributed by atoms with Crippen molar-refractivity contribution in [2.45, 2.75) is 12.5 Å². The average molecular weight is 420 g/mol. The molecular formula is C23H21N3O3S. The van der Waals surface area contributed by atoms with Crippen molar-refractivity contribution >= 4 is 28.9 Å². The molecule has 6 nitrogen and oxygen atoms in total. The van der Waals surface area contributed by atoms with Crippen LogP contribution < -0.4 is 10.1 Å². The molecule has 1 aromatic heterocycles. The van der Waals surface area contributed by atoms with Crippen molar-refractivity contribution in [3.8, 4) is 5.75 Å². The van der Waals surface area contributed by atoms with Crippen molar-refractivity contribution in [1.82, 2.24) is 10.3 Å². The van der Waals surface area contributed by atoms with Gasteiger partial charge in [0, 0.05) is 12.0 Å². The first-order valence-corrected chi connectivity index (χ1v) is 10.4. The number of benzene rings is 2. The molecule has 0 radical (unpaired) electrons. The molecular weight excluding hydrogens is 398 g/mol. The zero-order valence-corrected chi connectivity index (χ0v) is 17.3. The number of hydrazone groups is 1. The summed E-state index contributed by atoms with van der Waals surface area (Å²) in [6, 6.07) is 20.4. The third kappa shape index (κ3) is 4.26. The predicted molar refractivity (Wildman–Crippen MR) is 117 cm³/mol. The summed E-state index contributed by atoms with van der Waals surface area (Å²) in [5.41, 5.74) is 2.36. The normalized spacial score (nSPS) is 15.6. The van der Waals surface area contributed by atoms with Crippen LogP contribution in [-0.4, -0.2) is 36.2 Å². The molecule has 0 unspecified atom stereocenters. The molecule has 1 aliphatic rings. The number of ether oxygens (including phenoxy) is 1. The molecule has 7 heteroatoms. The average Bonchev–Trinajstić information content (AvgIpc) is 3.48. The Balaban J connectivity index is 1.48. The van der Waals surface area contributed by atoms with Crippen molar-refractivity contribution in [3.05, 3.63) is 88.1 Å². The van der Waals surface area contributed by atoms with E-state index >= 15 is 0 Å². The van der Waals surface area contributed by atoms with Gasteiger partial charge in [0.15, 0.2) is 0 Å². The zero-order chi connectivity index (χ0) is 20.9. The van der Waals surface area contributed by atoms with Gasteiger partial charge in [-0.05, 0) is 41.3 Å². The van der Waals surface area contributed by atoms with Crippen LogP contribution in [0.5, 0.6) is 5.75 Å². The van der Waals surface area contributed by atoms with Gasteiger partial charge in [0.05, 0.1) is 30.3 Å². The van der Waals surface area contributed by atoms with E-state index in [1.807, 2.05) is 47.8 Å². The Morgan fingerprint density at radius 3 is 2.53 bits per heavy atom. The molecule has 3 aromatic rings. The third-order valence-electron chi connectivity index (χ3n) is 4.91. The van der Waals surface area contributed by atoms with Crippen LogP contribution >= 0.6 is 11.3 Å². The number of carbonyl (C=O) groups is 2. The Morgan fingerprint density at radius 1 is 1.10 bits per heavy atom. The van der Waals surface area contributed by atoms with Crippen LogP contribution in [0.2, 0.25) is 0 Å². The highest BCUT2D eigenvalue weighted by Gasteiger charge is 2.33. The van der Waals surface area contributed by atoms with Gasteiger partial charge in [0.1, 0.15) is 5.75 Å². The summed E-state index contributed by atoms with van der Waals surface area (Å²) in [5, 5.41) is 10.8. The smallest absolute Gasteiger partial charge is 0.262 e. The number of amides is 2. The monoisotopic (exact) mass is 419 g/mol. The summed E-state index contributed by atoms with van der Waals surface area (Å²) < 4.78 is 5.10. The van der Waals surface area contributed by atoms with E-state index in [2.05, 4.69) is 10.4 Å². The number of methoxy groups -OCH3 is 1. The first-order valence-electron chi connectivity index (χ1n) is 9.56. The molecule has 0 bridgehead atoms. The molecule has 1 aliphatic heterocycles. The maximum atomic E-state index is 13.0. The van der Waals surface area contributed by atoms with E-state index in [0.717, 1.165) is 16.2 Å². The zero-order valence-electron chi connectivity index (χ0n) is 16.4. The number of nitrogens with one attached hydrogen (secondary N) is 1. The lowest BCUT2D eigenvalue weighted by molar-refractivity contribution is -0.131. The number of rotatable bonds is 6. The van der Waals surface area contributed by atoms with Gasteiger partial charge >= 0.3 is 0 Å². The minimum atomic E-state index is -0.316. The van der Waals surface area contributed by atoms with Crippen LogP contribution in [0.4, 0.5) is 0 Å². The summed E-state index contributed by atoms with van der Waals surface area (Å²) in [5.74, 6) is 0.0991. The molecule has 2 heterocycles. The Bertz CT molecular complexity index is 1050. The SMILES string of the molecule is COc1ccc(C(=O)NCC(=O)N2N=C(c3cccs3)C[C@@H]2c2ccccc2)cc1. The Morgan fingerprint density at radius 2 is 1.87 bits per heavy atom. The van der Waals surface area contributed by atoms with Gasteiger partial charge in [0.2, 0.25) is 0 Å². The predicted octanol–water partition coefficient (Wildman–Crippen LogP) is 3.86. The maximum absolute atomic E-state index is 13.0. The van der Waals surface area contributed by atoms with E-state index < -0.39 is 0 Å². The van der Waals surface area contributed by atoms with Crippen molar-refractivity contribution in [2.75, 3.05) is 13.7 Å². The number of hydrogen-bond acceptors (Lipinski definition) is 5. The van der Waals surface area contributed by atoms with E-state index in [4.69, 9.17) is 4.74 Å². The molecule has 0 aliphatic carbocycles. The maximum Gasteiger partial charge on any atom is 0.262 e. The van der Waals surface area contributed by atoms with E-state index in [9.17, 15) is 9.59 Å². The Kier molecular flexibility index (Phi) is 5.90. The quantitative estimate of drug-likeness (QED) is 0.659. The van der Waals surface area contributed by atoms with Crippen LogP contribution in [0, 0.1) is 0 Å². The number of nitrogens with zero attached hydrogens (tertiary/aromatic N) is 2. The largest absolute Gasteiger partial charge is 0.497 e. The van der Waals surface area contributed by atoms with Crippen LogP contribution in [0.15, 0.2) is 77.2 Å². The molecule has 0 fully saturated rings. The second-order valence-corrected chi connectivity index (χ2v) is 7.75. The van der Waals surface area contributed by atoms with E-state index in [0.29, 0.717) is 17.7 Å². The molecule has 0 spiro atoms. The molecule has 30 heavy (non-hydrogen) atoms. The summed E-state index contributed by atoms with van der Waals surface area (Å²) in [7, 11) is 1.57. The highest BCUT2D eigenvalue weighted by atomic mass is 32.1. The summed E-state index contributed by atoms with van der Waals surface area (Å²) in [6.45, 7) is -0.130. The molecule has 1 N–H and O–H groups in total. The van der Waals surface area contributed by atoms with Crippen molar-refractivity contribution < 1.29 is 14.3 Å².